The summed E-state index contributed by atoms with van der Waals surface area (Å²) < 4.78 is 5.26. The van der Waals surface area contributed by atoms with Crippen molar-refractivity contribution < 1.29 is 14.3 Å². The molecule has 0 unspecified atom stereocenters. The lowest BCUT2D eigenvalue weighted by Gasteiger charge is -2.21. The van der Waals surface area contributed by atoms with Crippen LogP contribution in [0.5, 0.6) is 5.75 Å². The molecule has 2 amide bonds. The van der Waals surface area contributed by atoms with Crippen molar-refractivity contribution in [3.05, 3.63) is 52.5 Å². The fourth-order valence-electron chi connectivity index (χ4n) is 3.34. The lowest BCUT2D eigenvalue weighted by Crippen LogP contribution is -2.29. The van der Waals surface area contributed by atoms with E-state index in [2.05, 4.69) is 5.32 Å². The van der Waals surface area contributed by atoms with Gasteiger partial charge in [-0.25, -0.2) is 0 Å². The van der Waals surface area contributed by atoms with Gasteiger partial charge in [0.1, 0.15) is 5.75 Å². The molecule has 26 heavy (non-hydrogen) atoms. The molecule has 136 valence electrons. The largest absolute Gasteiger partial charge is 0.495 e. The number of amides is 2. The van der Waals surface area contributed by atoms with Crippen LogP contribution in [0.3, 0.4) is 0 Å². The van der Waals surface area contributed by atoms with Crippen LogP contribution in [0.2, 0.25) is 5.02 Å². The Balaban J connectivity index is 1.79. The molecule has 2 aromatic carbocycles. The molecule has 0 saturated carbocycles. The van der Waals surface area contributed by atoms with Crippen LogP contribution in [0.4, 0.5) is 11.4 Å². The topological polar surface area (TPSA) is 58.6 Å². The van der Waals surface area contributed by atoms with Gasteiger partial charge >= 0.3 is 0 Å². The number of carbonyl (C=O) groups is 2. The number of carbonyl (C=O) groups excluding carboxylic acids is 2. The second kappa shape index (κ2) is 7.38. The number of nitrogens with zero attached hydrogens (tertiary/aromatic N) is 1. The number of hydrogen-bond acceptors (Lipinski definition) is 3. The molecule has 1 aliphatic rings. The zero-order valence-corrected chi connectivity index (χ0v) is 15.8. The zero-order valence-electron chi connectivity index (χ0n) is 15.0. The summed E-state index contributed by atoms with van der Waals surface area (Å²) in [5.41, 5.74) is 3.45. The summed E-state index contributed by atoms with van der Waals surface area (Å²) in [7, 11) is 1.53. The minimum atomic E-state index is -0.426. The number of para-hydroxylation sites is 1. The molecule has 0 radical (unpaired) electrons. The molecule has 1 N–H and O–H groups in total. The van der Waals surface area contributed by atoms with Gasteiger partial charge in [0.2, 0.25) is 11.8 Å². The van der Waals surface area contributed by atoms with Crippen LogP contribution < -0.4 is 15.0 Å². The molecule has 0 bridgehead atoms. The van der Waals surface area contributed by atoms with Crippen molar-refractivity contribution >= 4 is 34.8 Å². The molecule has 6 heteroatoms. The SMILES string of the molecule is COc1ccc(Cl)cc1NC(=O)[C@H]1CC(=O)N(c2c(C)cccc2C)C1. The smallest absolute Gasteiger partial charge is 0.229 e. The van der Waals surface area contributed by atoms with E-state index in [9.17, 15) is 9.59 Å². The Labute approximate surface area is 157 Å². The zero-order chi connectivity index (χ0) is 18.8. The molecule has 0 aliphatic carbocycles. The average Bonchev–Trinajstić information content (AvgIpc) is 2.97. The van der Waals surface area contributed by atoms with Crippen LogP contribution in [-0.4, -0.2) is 25.5 Å². The van der Waals surface area contributed by atoms with Gasteiger partial charge in [-0.3, -0.25) is 9.59 Å². The van der Waals surface area contributed by atoms with Crippen LogP contribution >= 0.6 is 11.6 Å². The van der Waals surface area contributed by atoms with Gasteiger partial charge < -0.3 is 15.0 Å². The minimum Gasteiger partial charge on any atom is -0.495 e. The Morgan fingerprint density at radius 1 is 1.23 bits per heavy atom. The molecule has 2 aromatic rings. The quantitative estimate of drug-likeness (QED) is 0.883. The molecule has 0 aromatic heterocycles. The molecule has 1 atom stereocenters. The van der Waals surface area contributed by atoms with E-state index in [0.717, 1.165) is 16.8 Å². The van der Waals surface area contributed by atoms with Crippen LogP contribution in [0.25, 0.3) is 0 Å². The lowest BCUT2D eigenvalue weighted by molar-refractivity contribution is -0.122. The van der Waals surface area contributed by atoms with Gasteiger partial charge in [-0.2, -0.15) is 0 Å². The van der Waals surface area contributed by atoms with Crippen molar-refractivity contribution in [2.45, 2.75) is 20.3 Å². The van der Waals surface area contributed by atoms with Crippen molar-refractivity contribution in [2.24, 2.45) is 5.92 Å². The van der Waals surface area contributed by atoms with Crippen molar-refractivity contribution in [1.29, 1.82) is 0 Å². The second-order valence-electron chi connectivity index (χ2n) is 6.48. The molecule has 1 fully saturated rings. The van der Waals surface area contributed by atoms with Crippen LogP contribution in [0.1, 0.15) is 17.5 Å². The maximum absolute atomic E-state index is 12.7. The lowest BCUT2D eigenvalue weighted by atomic mass is 10.1. The highest BCUT2D eigenvalue weighted by Gasteiger charge is 2.36. The molecule has 1 saturated heterocycles. The van der Waals surface area contributed by atoms with E-state index in [0.29, 0.717) is 23.0 Å². The van der Waals surface area contributed by atoms with Gasteiger partial charge in [0.25, 0.3) is 0 Å². The standard InChI is InChI=1S/C20H21ClN2O3/c1-12-5-4-6-13(2)19(12)23-11-14(9-18(23)24)20(25)22-16-10-15(21)7-8-17(16)26-3/h4-8,10,14H,9,11H2,1-3H3,(H,22,25)/t14-/m0/s1. The molecule has 1 aliphatic heterocycles. The van der Waals surface area contributed by atoms with Crippen LogP contribution in [0.15, 0.2) is 36.4 Å². The van der Waals surface area contributed by atoms with E-state index in [-0.39, 0.29) is 18.2 Å². The van der Waals surface area contributed by atoms with Gasteiger partial charge in [-0.15, -0.1) is 0 Å². The van der Waals surface area contributed by atoms with E-state index in [4.69, 9.17) is 16.3 Å². The first-order valence-corrected chi connectivity index (χ1v) is 8.79. The van der Waals surface area contributed by atoms with Crippen LogP contribution in [0, 0.1) is 19.8 Å². The Morgan fingerprint density at radius 3 is 2.58 bits per heavy atom. The van der Waals surface area contributed by atoms with E-state index in [1.54, 1.807) is 23.1 Å². The fourth-order valence-corrected chi connectivity index (χ4v) is 3.52. The summed E-state index contributed by atoms with van der Waals surface area (Å²) in [6.45, 7) is 4.30. The summed E-state index contributed by atoms with van der Waals surface area (Å²) >= 11 is 6.01. The average molecular weight is 373 g/mol. The molecular formula is C20H21ClN2O3. The normalized spacial score (nSPS) is 16.7. The number of rotatable bonds is 4. The fraction of sp³-hybridized carbons (Fsp3) is 0.300. The number of nitrogens with one attached hydrogen (secondary N) is 1. The molecular weight excluding hydrogens is 352 g/mol. The van der Waals surface area contributed by atoms with E-state index >= 15 is 0 Å². The Hall–Kier alpha value is -2.53. The first-order valence-electron chi connectivity index (χ1n) is 8.41. The van der Waals surface area contributed by atoms with Gasteiger partial charge in [-0.05, 0) is 43.2 Å². The molecule has 5 nitrogen and oxygen atoms in total. The predicted octanol–water partition coefficient (Wildman–Crippen LogP) is 3.96. The third-order valence-electron chi connectivity index (χ3n) is 4.62. The molecule has 3 rings (SSSR count). The summed E-state index contributed by atoms with van der Waals surface area (Å²) in [5.74, 6) is -0.155. The molecule has 1 heterocycles. The second-order valence-corrected chi connectivity index (χ2v) is 6.92. The first kappa shape index (κ1) is 18.3. The number of aryl methyl sites for hydroxylation is 2. The number of benzene rings is 2. The van der Waals surface area contributed by atoms with E-state index in [1.165, 1.54) is 7.11 Å². The van der Waals surface area contributed by atoms with Crippen molar-refractivity contribution in [3.63, 3.8) is 0 Å². The Morgan fingerprint density at radius 2 is 1.92 bits per heavy atom. The summed E-state index contributed by atoms with van der Waals surface area (Å²) in [6, 6.07) is 10.9. The number of methoxy groups -OCH3 is 1. The highest BCUT2D eigenvalue weighted by atomic mass is 35.5. The summed E-state index contributed by atoms with van der Waals surface area (Å²) in [4.78, 5) is 26.9. The van der Waals surface area contributed by atoms with Crippen molar-refractivity contribution in [1.82, 2.24) is 0 Å². The predicted molar refractivity (Wildman–Crippen MR) is 103 cm³/mol. The number of anilines is 2. The van der Waals surface area contributed by atoms with E-state index in [1.807, 2.05) is 32.0 Å². The highest BCUT2D eigenvalue weighted by Crippen LogP contribution is 2.33. The maximum Gasteiger partial charge on any atom is 0.229 e. The summed E-state index contributed by atoms with van der Waals surface area (Å²) in [5, 5.41) is 3.34. The third-order valence-corrected chi connectivity index (χ3v) is 4.86. The third kappa shape index (κ3) is 3.53. The van der Waals surface area contributed by atoms with Crippen molar-refractivity contribution in [2.75, 3.05) is 23.9 Å². The highest BCUT2D eigenvalue weighted by molar-refractivity contribution is 6.31. The number of ether oxygens (including phenoxy) is 1. The minimum absolute atomic E-state index is 0.0411. The van der Waals surface area contributed by atoms with Gasteiger partial charge in [-0.1, -0.05) is 29.8 Å². The monoisotopic (exact) mass is 372 g/mol. The van der Waals surface area contributed by atoms with E-state index < -0.39 is 5.92 Å². The first-order chi connectivity index (χ1) is 12.4. The van der Waals surface area contributed by atoms with Gasteiger partial charge in [0, 0.05) is 23.7 Å². The van der Waals surface area contributed by atoms with Gasteiger partial charge in [0.05, 0.1) is 18.7 Å². The Kier molecular flexibility index (Phi) is 5.18. The van der Waals surface area contributed by atoms with Crippen LogP contribution in [-0.2, 0) is 9.59 Å². The van der Waals surface area contributed by atoms with Crippen molar-refractivity contribution in [3.8, 4) is 5.75 Å². The maximum atomic E-state index is 12.7. The number of halogens is 1. The molecule has 0 spiro atoms. The summed E-state index contributed by atoms with van der Waals surface area (Å²) in [6.07, 6.45) is 0.183. The number of hydrogen-bond donors (Lipinski definition) is 1. The Bertz CT molecular complexity index is 846. The van der Waals surface area contributed by atoms with Gasteiger partial charge in [0.15, 0.2) is 0 Å².